The van der Waals surface area contributed by atoms with Gasteiger partial charge in [0.05, 0.1) is 6.61 Å². The Labute approximate surface area is 200 Å². The Balaban J connectivity index is 3.02. The Hall–Kier alpha value is -1.63. The van der Waals surface area contributed by atoms with Gasteiger partial charge in [0.1, 0.15) is 12.7 Å². The molecule has 1 heterocycles. The van der Waals surface area contributed by atoms with Crippen LogP contribution >= 0.6 is 11.8 Å². The molecule has 5 atom stereocenters. The van der Waals surface area contributed by atoms with Crippen molar-refractivity contribution >= 4 is 43.7 Å². The number of esters is 4. The number of hydrogen-bond acceptors (Lipinski definition) is 11. The highest BCUT2D eigenvalue weighted by atomic mass is 32.2. The molecule has 1 saturated heterocycles. The molecule has 10 nitrogen and oxygen atoms in total. The normalized spacial score (nSPS) is 25.1. The Morgan fingerprint density at radius 1 is 0.788 bits per heavy atom. The molecule has 0 unspecified atom stereocenters. The van der Waals surface area contributed by atoms with E-state index < -0.39 is 62.7 Å². The highest BCUT2D eigenvalue weighted by molar-refractivity contribution is 7.99. The van der Waals surface area contributed by atoms with Crippen LogP contribution in [0.4, 0.5) is 0 Å². The number of carbonyl (C=O) groups excluding carboxylic acids is 4. The van der Waals surface area contributed by atoms with Gasteiger partial charge in [0, 0.05) is 41.5 Å². The van der Waals surface area contributed by atoms with Crippen LogP contribution in [0.3, 0.4) is 0 Å². The molecule has 12 heteroatoms. The molecule has 190 valence electrons. The lowest BCUT2D eigenvalue weighted by Crippen LogP contribution is -2.63. The van der Waals surface area contributed by atoms with Crippen molar-refractivity contribution in [3.63, 3.8) is 0 Å². The minimum Gasteiger partial charge on any atom is -0.463 e. The molecule has 1 fully saturated rings. The highest BCUT2D eigenvalue weighted by Gasteiger charge is 2.52. The summed E-state index contributed by atoms with van der Waals surface area (Å²) in [5.74, 6) is -0.882. The third-order valence-corrected chi connectivity index (χ3v) is 7.51. The van der Waals surface area contributed by atoms with Crippen LogP contribution in [0.5, 0.6) is 0 Å². The lowest BCUT2D eigenvalue weighted by atomic mass is 9.98. The number of ether oxygens (including phenoxy) is 6. The van der Waals surface area contributed by atoms with E-state index in [-0.39, 0.29) is 13.2 Å². The molecule has 1 rings (SSSR count). The second-order valence-electron chi connectivity index (χ2n) is 8.86. The molecular formula is C21H36O10SSi. The lowest BCUT2D eigenvalue weighted by molar-refractivity contribution is -0.307. The number of hydrogen-bond donors (Lipinski definition) is 0. The Kier molecular flexibility index (Phi) is 12.4. The van der Waals surface area contributed by atoms with E-state index in [1.165, 1.54) is 33.7 Å². The van der Waals surface area contributed by atoms with Gasteiger partial charge in [-0.1, -0.05) is 19.6 Å². The number of thioether (sulfide) groups is 1. The zero-order chi connectivity index (χ0) is 25.2. The van der Waals surface area contributed by atoms with Gasteiger partial charge in [-0.05, 0) is 11.8 Å². The van der Waals surface area contributed by atoms with Crippen molar-refractivity contribution in [2.45, 2.75) is 84.1 Å². The fraction of sp³-hybridized carbons (Fsp3) is 0.810. The number of carbonyl (C=O) groups is 4. The number of rotatable bonds is 12. The summed E-state index contributed by atoms with van der Waals surface area (Å²) >= 11 is 1.74. The zero-order valence-electron chi connectivity index (χ0n) is 20.4. The SMILES string of the molecule is CC(=O)OC[C@H]1O[C@@H](OCCSCC[Si](C)(C)C)[C@H](OC(C)=O)[C@@H](OC(C)=O)[C@@H]1OC(C)=O. The highest BCUT2D eigenvalue weighted by Crippen LogP contribution is 2.30. The summed E-state index contributed by atoms with van der Waals surface area (Å²) in [6.45, 7) is 11.7. The average molecular weight is 509 g/mol. The summed E-state index contributed by atoms with van der Waals surface area (Å²) in [7, 11) is -1.13. The lowest BCUT2D eigenvalue weighted by Gasteiger charge is -2.44. The van der Waals surface area contributed by atoms with Crippen LogP contribution in [-0.2, 0) is 47.6 Å². The van der Waals surface area contributed by atoms with E-state index in [0.717, 1.165) is 5.75 Å². The van der Waals surface area contributed by atoms with Crippen molar-refractivity contribution in [1.29, 1.82) is 0 Å². The molecule has 0 N–H and O–H groups in total. The van der Waals surface area contributed by atoms with E-state index in [1.54, 1.807) is 11.8 Å². The molecule has 0 radical (unpaired) electrons. The summed E-state index contributed by atoms with van der Waals surface area (Å²) in [4.78, 5) is 46.6. The first-order chi connectivity index (χ1) is 15.3. The Morgan fingerprint density at radius 3 is 1.85 bits per heavy atom. The van der Waals surface area contributed by atoms with Gasteiger partial charge >= 0.3 is 23.9 Å². The van der Waals surface area contributed by atoms with Crippen molar-refractivity contribution < 1.29 is 47.6 Å². The van der Waals surface area contributed by atoms with Crippen molar-refractivity contribution in [3.05, 3.63) is 0 Å². The van der Waals surface area contributed by atoms with Gasteiger partial charge < -0.3 is 28.4 Å². The maximum Gasteiger partial charge on any atom is 0.303 e. The van der Waals surface area contributed by atoms with Crippen LogP contribution in [0.2, 0.25) is 25.7 Å². The predicted molar refractivity (Wildman–Crippen MR) is 123 cm³/mol. The molecule has 0 amide bonds. The summed E-state index contributed by atoms with van der Waals surface area (Å²) in [6.07, 6.45) is -5.70. The van der Waals surface area contributed by atoms with E-state index in [0.29, 0.717) is 5.75 Å². The van der Waals surface area contributed by atoms with E-state index in [1.807, 2.05) is 0 Å². The van der Waals surface area contributed by atoms with Gasteiger partial charge in [-0.3, -0.25) is 19.2 Å². The first kappa shape index (κ1) is 29.4. The summed E-state index contributed by atoms with van der Waals surface area (Å²) < 4.78 is 32.8. The maximum atomic E-state index is 11.8. The standard InChI is InChI=1S/C21H36O10SSi/c1-13(22)27-12-17-18(28-14(2)23)19(29-15(3)24)20(30-16(4)25)21(31-17)26-8-9-32-10-11-33(5,6)7/h17-21H,8-12H2,1-7H3/t17-,18-,19+,20-,21-/m1/s1. The minimum atomic E-state index is -1.21. The molecule has 0 aromatic heterocycles. The monoisotopic (exact) mass is 508 g/mol. The molecule has 1 aliphatic heterocycles. The van der Waals surface area contributed by atoms with E-state index in [4.69, 9.17) is 28.4 Å². The second-order valence-corrected chi connectivity index (χ2v) is 15.7. The molecular weight excluding hydrogens is 472 g/mol. The molecule has 0 saturated carbocycles. The minimum absolute atomic E-state index is 0.275. The van der Waals surface area contributed by atoms with E-state index in [9.17, 15) is 19.2 Å². The molecule has 33 heavy (non-hydrogen) atoms. The molecule has 0 aromatic rings. The van der Waals surface area contributed by atoms with Crippen LogP contribution in [-0.4, -0.2) is 87.4 Å². The van der Waals surface area contributed by atoms with Gasteiger partial charge in [0.25, 0.3) is 0 Å². The largest absolute Gasteiger partial charge is 0.463 e. The van der Waals surface area contributed by atoms with Gasteiger partial charge in [0.2, 0.25) is 0 Å². The quantitative estimate of drug-likeness (QED) is 0.167. The molecule has 0 aromatic carbocycles. The fourth-order valence-electron chi connectivity index (χ4n) is 3.03. The molecule has 0 spiro atoms. The fourth-order valence-corrected chi connectivity index (χ4v) is 6.47. The smallest absolute Gasteiger partial charge is 0.303 e. The van der Waals surface area contributed by atoms with Crippen molar-refractivity contribution in [2.75, 3.05) is 24.7 Å². The van der Waals surface area contributed by atoms with Crippen LogP contribution in [0.25, 0.3) is 0 Å². The van der Waals surface area contributed by atoms with Crippen molar-refractivity contribution in [1.82, 2.24) is 0 Å². The summed E-state index contributed by atoms with van der Waals surface area (Å²) in [5, 5.41) is 0. The van der Waals surface area contributed by atoms with E-state index >= 15 is 0 Å². The molecule has 1 aliphatic rings. The topological polar surface area (TPSA) is 124 Å². The third kappa shape index (κ3) is 11.9. The van der Waals surface area contributed by atoms with E-state index in [2.05, 4.69) is 19.6 Å². The second kappa shape index (κ2) is 13.9. The van der Waals surface area contributed by atoms with Gasteiger partial charge in [-0.15, -0.1) is 0 Å². The van der Waals surface area contributed by atoms with Crippen LogP contribution in [0, 0.1) is 0 Å². The summed E-state index contributed by atoms with van der Waals surface area (Å²) in [5.41, 5.74) is 0. The van der Waals surface area contributed by atoms with Crippen LogP contribution < -0.4 is 0 Å². The predicted octanol–water partition coefficient (Wildman–Crippen LogP) is 2.16. The molecule has 0 aliphatic carbocycles. The maximum absolute atomic E-state index is 11.8. The van der Waals surface area contributed by atoms with Gasteiger partial charge in [-0.2, -0.15) is 11.8 Å². The summed E-state index contributed by atoms with van der Waals surface area (Å²) in [6, 6.07) is 1.18. The van der Waals surface area contributed by atoms with Gasteiger partial charge in [-0.25, -0.2) is 0 Å². The van der Waals surface area contributed by atoms with Crippen LogP contribution in [0.1, 0.15) is 27.7 Å². The zero-order valence-corrected chi connectivity index (χ0v) is 22.2. The third-order valence-electron chi connectivity index (χ3n) is 4.45. The Morgan fingerprint density at radius 2 is 1.33 bits per heavy atom. The van der Waals surface area contributed by atoms with Crippen LogP contribution in [0.15, 0.2) is 0 Å². The molecule has 0 bridgehead atoms. The van der Waals surface area contributed by atoms with Crippen molar-refractivity contribution in [2.24, 2.45) is 0 Å². The van der Waals surface area contributed by atoms with Gasteiger partial charge in [0.15, 0.2) is 24.6 Å². The van der Waals surface area contributed by atoms with Crippen molar-refractivity contribution in [3.8, 4) is 0 Å². The average Bonchev–Trinajstić information content (AvgIpc) is 2.65. The Bertz CT molecular complexity index is 680. The first-order valence-electron chi connectivity index (χ1n) is 10.8. The first-order valence-corrected chi connectivity index (χ1v) is 15.7.